The molecule has 5 rings (SSSR count). The first kappa shape index (κ1) is 28.3. The summed E-state index contributed by atoms with van der Waals surface area (Å²) in [5.41, 5.74) is 2.63. The van der Waals surface area contributed by atoms with E-state index < -0.39 is 21.9 Å². The third-order valence-electron chi connectivity index (χ3n) is 6.79. The molecule has 0 unspecified atom stereocenters. The van der Waals surface area contributed by atoms with E-state index >= 15 is 0 Å². The van der Waals surface area contributed by atoms with Crippen LogP contribution >= 0.6 is 11.3 Å². The molecule has 2 heterocycles. The predicted octanol–water partition coefficient (Wildman–Crippen LogP) is 5.15. The fourth-order valence-electron chi connectivity index (χ4n) is 4.74. The number of hydrogen-bond donors (Lipinski definition) is 2. The third kappa shape index (κ3) is 6.27. The molecule has 1 aliphatic rings. The van der Waals surface area contributed by atoms with E-state index in [0.29, 0.717) is 29.3 Å². The molecule has 0 atom stereocenters. The number of benzene rings is 3. The number of amides is 1. The summed E-state index contributed by atoms with van der Waals surface area (Å²) in [4.78, 5) is 29.6. The minimum Gasteiger partial charge on any atom is -0.497 e. The molecule has 0 radical (unpaired) electrons. The quantitative estimate of drug-likeness (QED) is 0.259. The number of esters is 1. The number of thiophene rings is 1. The van der Waals surface area contributed by atoms with Crippen molar-refractivity contribution in [1.29, 1.82) is 0 Å². The van der Waals surface area contributed by atoms with Crippen LogP contribution in [0.1, 0.15) is 36.7 Å². The van der Waals surface area contributed by atoms with Gasteiger partial charge < -0.3 is 14.8 Å². The molecule has 2 N–H and O–H groups in total. The van der Waals surface area contributed by atoms with Gasteiger partial charge >= 0.3 is 5.97 Å². The molecule has 0 saturated carbocycles. The van der Waals surface area contributed by atoms with Gasteiger partial charge in [0.05, 0.1) is 35.9 Å². The second-order valence-electron chi connectivity index (χ2n) is 9.43. The normalized spacial score (nSPS) is 13.2. The smallest absolute Gasteiger partial charge is 0.341 e. The van der Waals surface area contributed by atoms with Crippen molar-refractivity contribution in [3.05, 3.63) is 106 Å². The Morgan fingerprint density at radius 3 is 2.37 bits per heavy atom. The summed E-state index contributed by atoms with van der Waals surface area (Å²) in [5, 5.41) is 3.23. The lowest BCUT2D eigenvalue weighted by atomic mass is 10.0. The number of hydrogen-bond acceptors (Lipinski definition) is 8. The van der Waals surface area contributed by atoms with E-state index in [2.05, 4.69) is 27.1 Å². The average molecular weight is 592 g/mol. The molecule has 1 aromatic heterocycles. The summed E-state index contributed by atoms with van der Waals surface area (Å²) in [6.45, 7) is 2.16. The molecule has 0 aliphatic carbocycles. The Balaban J connectivity index is 1.39. The van der Waals surface area contributed by atoms with Gasteiger partial charge in [-0.3, -0.25) is 14.4 Å². The standard InChI is InChI=1S/C30H29N3O6S2/c1-38-21-12-14-22(15-13-21)41(36,37)32-25-11-7-6-10-23(25)28(34)31-29-27(30(35)39-2)24-16-17-33(19-26(24)40-29)18-20-8-4-3-5-9-20/h3-15,32H,16-19H2,1-2H3,(H,31,34). The lowest BCUT2D eigenvalue weighted by Gasteiger charge is -2.27. The van der Waals surface area contributed by atoms with Crippen molar-refractivity contribution in [3.63, 3.8) is 0 Å². The lowest BCUT2D eigenvalue weighted by Crippen LogP contribution is -2.29. The van der Waals surface area contributed by atoms with Crippen LogP contribution in [0.4, 0.5) is 10.7 Å². The first-order valence-corrected chi connectivity index (χ1v) is 15.2. The highest BCUT2D eigenvalue weighted by atomic mass is 32.2. The van der Waals surface area contributed by atoms with E-state index in [-0.39, 0.29) is 16.1 Å². The summed E-state index contributed by atoms with van der Waals surface area (Å²) in [7, 11) is -1.19. The number of sulfonamides is 1. The number of para-hydroxylation sites is 1. The third-order valence-corrected chi connectivity index (χ3v) is 9.30. The first-order chi connectivity index (χ1) is 19.8. The van der Waals surface area contributed by atoms with Gasteiger partial charge in [-0.1, -0.05) is 42.5 Å². The van der Waals surface area contributed by atoms with Gasteiger partial charge in [-0.15, -0.1) is 11.3 Å². The van der Waals surface area contributed by atoms with Gasteiger partial charge in [0.15, 0.2) is 0 Å². The Morgan fingerprint density at radius 2 is 1.66 bits per heavy atom. The summed E-state index contributed by atoms with van der Waals surface area (Å²) < 4.78 is 38.8. The SMILES string of the molecule is COC(=O)c1c(NC(=O)c2ccccc2NS(=O)(=O)c2ccc(OC)cc2)sc2c1CCN(Cc1ccccc1)C2. The van der Waals surface area contributed by atoms with Gasteiger partial charge in [-0.2, -0.15) is 0 Å². The highest BCUT2D eigenvalue weighted by Gasteiger charge is 2.30. The number of carbonyl (C=O) groups is 2. The van der Waals surface area contributed by atoms with E-state index in [1.165, 1.54) is 55.4 Å². The van der Waals surface area contributed by atoms with Crippen LogP contribution in [-0.2, 0) is 34.3 Å². The Bertz CT molecular complexity index is 1670. The molecule has 4 aromatic rings. The van der Waals surface area contributed by atoms with Crippen molar-refractivity contribution in [2.75, 3.05) is 30.8 Å². The van der Waals surface area contributed by atoms with Crippen molar-refractivity contribution in [1.82, 2.24) is 4.90 Å². The molecule has 11 heteroatoms. The Hall–Kier alpha value is -4.19. The topological polar surface area (TPSA) is 114 Å². The van der Waals surface area contributed by atoms with Crippen molar-refractivity contribution in [3.8, 4) is 5.75 Å². The number of nitrogens with one attached hydrogen (secondary N) is 2. The summed E-state index contributed by atoms with van der Waals surface area (Å²) >= 11 is 1.34. The Kier molecular flexibility index (Phi) is 8.39. The zero-order chi connectivity index (χ0) is 29.0. The minimum absolute atomic E-state index is 0.0208. The van der Waals surface area contributed by atoms with Crippen LogP contribution in [0.25, 0.3) is 0 Å². The number of carbonyl (C=O) groups excluding carboxylic acids is 2. The van der Waals surface area contributed by atoms with Crippen molar-refractivity contribution >= 4 is 43.9 Å². The molecular weight excluding hydrogens is 562 g/mol. The van der Waals surface area contributed by atoms with E-state index in [0.717, 1.165) is 23.5 Å². The van der Waals surface area contributed by atoms with E-state index in [1.807, 2.05) is 18.2 Å². The molecule has 1 amide bonds. The fraction of sp³-hybridized carbons (Fsp3) is 0.200. The van der Waals surface area contributed by atoms with Crippen molar-refractivity contribution in [2.24, 2.45) is 0 Å². The van der Waals surface area contributed by atoms with Crippen LogP contribution in [-0.4, -0.2) is 46.0 Å². The molecule has 3 aromatic carbocycles. The van der Waals surface area contributed by atoms with Gasteiger partial charge in [0.25, 0.3) is 15.9 Å². The number of ether oxygens (including phenoxy) is 2. The van der Waals surface area contributed by atoms with Gasteiger partial charge in [0, 0.05) is 24.5 Å². The zero-order valence-electron chi connectivity index (χ0n) is 22.5. The van der Waals surface area contributed by atoms with Crippen LogP contribution in [0, 0.1) is 0 Å². The number of rotatable bonds is 9. The van der Waals surface area contributed by atoms with E-state index in [1.54, 1.807) is 24.3 Å². The minimum atomic E-state index is -3.99. The van der Waals surface area contributed by atoms with Crippen LogP contribution in [0.15, 0.2) is 83.8 Å². The zero-order valence-corrected chi connectivity index (χ0v) is 24.2. The maximum Gasteiger partial charge on any atom is 0.341 e. The average Bonchev–Trinajstić information content (AvgIpc) is 3.34. The van der Waals surface area contributed by atoms with Gasteiger partial charge in [-0.05, 0) is 53.9 Å². The molecule has 41 heavy (non-hydrogen) atoms. The fourth-order valence-corrected chi connectivity index (χ4v) is 7.09. The monoisotopic (exact) mass is 591 g/mol. The maximum absolute atomic E-state index is 13.5. The summed E-state index contributed by atoms with van der Waals surface area (Å²) in [6.07, 6.45) is 0.636. The van der Waals surface area contributed by atoms with Crippen LogP contribution in [0.2, 0.25) is 0 Å². The molecule has 0 fully saturated rings. The second-order valence-corrected chi connectivity index (χ2v) is 12.2. The van der Waals surface area contributed by atoms with Gasteiger partial charge in [0.2, 0.25) is 0 Å². The largest absolute Gasteiger partial charge is 0.497 e. The van der Waals surface area contributed by atoms with E-state index in [9.17, 15) is 18.0 Å². The number of nitrogens with zero attached hydrogens (tertiary/aromatic N) is 1. The first-order valence-electron chi connectivity index (χ1n) is 12.9. The Labute approximate surface area is 242 Å². The van der Waals surface area contributed by atoms with Crippen LogP contribution in [0.5, 0.6) is 5.75 Å². The van der Waals surface area contributed by atoms with Crippen molar-refractivity contribution < 1.29 is 27.5 Å². The number of fused-ring (bicyclic) bond motifs is 1. The highest BCUT2D eigenvalue weighted by Crippen LogP contribution is 2.38. The van der Waals surface area contributed by atoms with E-state index in [4.69, 9.17) is 9.47 Å². The summed E-state index contributed by atoms with van der Waals surface area (Å²) in [6, 6.07) is 22.4. The lowest BCUT2D eigenvalue weighted by molar-refractivity contribution is 0.0600. The van der Waals surface area contributed by atoms with Crippen LogP contribution < -0.4 is 14.8 Å². The molecule has 1 aliphatic heterocycles. The predicted molar refractivity (Wildman–Crippen MR) is 158 cm³/mol. The Morgan fingerprint density at radius 1 is 0.951 bits per heavy atom. The van der Waals surface area contributed by atoms with Gasteiger partial charge in [-0.25, -0.2) is 13.2 Å². The summed E-state index contributed by atoms with van der Waals surface area (Å²) in [5.74, 6) is -0.558. The molecule has 0 saturated heterocycles. The second kappa shape index (κ2) is 12.1. The number of anilines is 2. The molecule has 0 bridgehead atoms. The molecule has 9 nitrogen and oxygen atoms in total. The molecule has 212 valence electrons. The van der Waals surface area contributed by atoms with Crippen LogP contribution in [0.3, 0.4) is 0 Å². The highest BCUT2D eigenvalue weighted by molar-refractivity contribution is 7.92. The number of methoxy groups -OCH3 is 2. The van der Waals surface area contributed by atoms with Gasteiger partial charge in [0.1, 0.15) is 10.8 Å². The molecular formula is C30H29N3O6S2. The maximum atomic E-state index is 13.5. The molecule has 0 spiro atoms. The van der Waals surface area contributed by atoms with Crippen molar-refractivity contribution in [2.45, 2.75) is 24.4 Å².